The summed E-state index contributed by atoms with van der Waals surface area (Å²) >= 11 is 1.11. The number of methoxy groups -OCH3 is 1. The van der Waals surface area contributed by atoms with Gasteiger partial charge in [-0.25, -0.2) is 4.98 Å². The van der Waals surface area contributed by atoms with E-state index in [4.69, 9.17) is 10.5 Å². The summed E-state index contributed by atoms with van der Waals surface area (Å²) in [5.41, 5.74) is 7.93. The van der Waals surface area contributed by atoms with Gasteiger partial charge in [0, 0.05) is 42.1 Å². The van der Waals surface area contributed by atoms with Gasteiger partial charge in [-0.15, -0.1) is 0 Å². The Balaban J connectivity index is 1.23. The lowest BCUT2D eigenvalue weighted by atomic mass is 10.0. The van der Waals surface area contributed by atoms with Gasteiger partial charge in [-0.05, 0) is 75.2 Å². The predicted octanol–water partition coefficient (Wildman–Crippen LogP) is 4.68. The van der Waals surface area contributed by atoms with Crippen LogP contribution in [0.15, 0.2) is 42.5 Å². The monoisotopic (exact) mass is 522 g/mol. The van der Waals surface area contributed by atoms with Gasteiger partial charge in [0.1, 0.15) is 10.7 Å². The van der Waals surface area contributed by atoms with E-state index in [0.717, 1.165) is 36.2 Å². The maximum atomic E-state index is 13.0. The number of anilines is 4. The van der Waals surface area contributed by atoms with Gasteiger partial charge in [-0.3, -0.25) is 14.9 Å². The summed E-state index contributed by atoms with van der Waals surface area (Å²) in [6.07, 6.45) is 5.07. The molecular weight excluding hydrogens is 492 g/mol. The van der Waals surface area contributed by atoms with E-state index in [0.29, 0.717) is 5.13 Å². The molecule has 0 spiro atoms. The molecule has 0 atom stereocenters. The molecular formula is C26H30N6O4S. The second-order valence-corrected chi connectivity index (χ2v) is 10.3. The quantitative estimate of drug-likeness (QED) is 0.246. The molecule has 0 radical (unpaired) electrons. The van der Waals surface area contributed by atoms with Crippen molar-refractivity contribution in [2.45, 2.75) is 31.7 Å². The van der Waals surface area contributed by atoms with Crippen molar-refractivity contribution >= 4 is 45.1 Å². The van der Waals surface area contributed by atoms with Crippen LogP contribution >= 0.6 is 11.3 Å². The van der Waals surface area contributed by atoms with Crippen molar-refractivity contribution in [1.82, 2.24) is 9.88 Å². The van der Waals surface area contributed by atoms with Gasteiger partial charge in [0.05, 0.1) is 12.0 Å². The minimum Gasteiger partial charge on any atom is -0.490 e. The van der Waals surface area contributed by atoms with E-state index in [9.17, 15) is 14.9 Å². The number of ether oxygens (including phenoxy) is 1. The number of nitrogens with two attached hydrogens (primary N) is 1. The van der Waals surface area contributed by atoms with Gasteiger partial charge < -0.3 is 25.6 Å². The molecule has 194 valence electrons. The highest BCUT2D eigenvalue weighted by atomic mass is 32.1. The average Bonchev–Trinajstić information content (AvgIpc) is 3.58. The van der Waals surface area contributed by atoms with Crippen molar-refractivity contribution in [1.29, 1.82) is 0 Å². The highest BCUT2D eigenvalue weighted by molar-refractivity contribution is 7.18. The number of thiazole rings is 1. The van der Waals surface area contributed by atoms with E-state index < -0.39 is 10.7 Å². The molecule has 11 heteroatoms. The Labute approximate surface area is 219 Å². The van der Waals surface area contributed by atoms with Crippen molar-refractivity contribution in [3.63, 3.8) is 0 Å². The maximum Gasteiger partial charge on any atom is 0.311 e. The number of rotatable bonds is 8. The summed E-state index contributed by atoms with van der Waals surface area (Å²) in [7, 11) is 1.34. The molecule has 0 aliphatic carbocycles. The zero-order valence-electron chi connectivity index (χ0n) is 20.7. The number of nitrogens with one attached hydrogen (secondary N) is 1. The molecule has 0 saturated carbocycles. The molecule has 3 heterocycles. The average molecular weight is 523 g/mol. The molecule has 0 unspecified atom stereocenters. The Morgan fingerprint density at radius 2 is 1.84 bits per heavy atom. The number of piperidine rings is 1. The molecule has 2 aliphatic heterocycles. The molecule has 2 aromatic carbocycles. The van der Waals surface area contributed by atoms with Crippen molar-refractivity contribution in [3.05, 3.63) is 63.0 Å². The lowest BCUT2D eigenvalue weighted by Crippen LogP contribution is -2.43. The molecule has 2 aliphatic rings. The van der Waals surface area contributed by atoms with Crippen molar-refractivity contribution in [3.8, 4) is 5.75 Å². The fraction of sp³-hybridized carbons (Fsp3) is 0.385. The number of ketones is 1. The molecule has 3 N–H and O–H groups in total. The van der Waals surface area contributed by atoms with Crippen LogP contribution in [0.1, 0.15) is 40.9 Å². The van der Waals surface area contributed by atoms with E-state index in [-0.39, 0.29) is 27.7 Å². The van der Waals surface area contributed by atoms with Gasteiger partial charge in [0.25, 0.3) is 0 Å². The summed E-state index contributed by atoms with van der Waals surface area (Å²) in [4.78, 5) is 33.4. The van der Waals surface area contributed by atoms with E-state index in [2.05, 4.69) is 32.2 Å². The van der Waals surface area contributed by atoms with Crippen LogP contribution in [0.4, 0.5) is 28.0 Å². The number of nitro benzene ring substituents is 1. The normalized spacial score (nSPS) is 16.6. The standard InChI is InChI=1S/C26H30N6O4S/c1-36-22-9-4-17(16-21(22)32(34)35)23(33)24-25(27)29-26(37-24)28-18-5-7-19(8-6-18)31-14-10-20(11-15-31)30-12-2-3-13-30/h4-9,16,20H,2-3,10-15,27H2,1H3,(H,28,29). The Hall–Kier alpha value is -3.70. The van der Waals surface area contributed by atoms with E-state index >= 15 is 0 Å². The first-order valence-electron chi connectivity index (χ1n) is 12.4. The van der Waals surface area contributed by atoms with E-state index in [1.54, 1.807) is 0 Å². The van der Waals surface area contributed by atoms with Gasteiger partial charge in [-0.2, -0.15) is 0 Å². The van der Waals surface area contributed by atoms with Crippen LogP contribution in [0.25, 0.3) is 0 Å². The van der Waals surface area contributed by atoms with Gasteiger partial charge in [0.15, 0.2) is 10.9 Å². The van der Waals surface area contributed by atoms with Gasteiger partial charge in [0.2, 0.25) is 5.78 Å². The summed E-state index contributed by atoms with van der Waals surface area (Å²) in [5, 5.41) is 15.0. The topological polar surface area (TPSA) is 127 Å². The molecule has 2 saturated heterocycles. The number of aromatic nitrogens is 1. The Kier molecular flexibility index (Phi) is 7.24. The number of hydrogen-bond acceptors (Lipinski definition) is 10. The molecule has 5 rings (SSSR count). The molecule has 10 nitrogen and oxygen atoms in total. The molecule has 3 aromatic rings. The number of nitro groups is 1. The Morgan fingerprint density at radius 3 is 2.49 bits per heavy atom. The van der Waals surface area contributed by atoms with Crippen LogP contribution in [0.2, 0.25) is 0 Å². The van der Waals surface area contributed by atoms with Crippen LogP contribution in [0, 0.1) is 10.1 Å². The van der Waals surface area contributed by atoms with Crippen molar-refractivity contribution in [2.24, 2.45) is 0 Å². The molecule has 2 fully saturated rings. The van der Waals surface area contributed by atoms with Crippen LogP contribution in [-0.4, -0.2) is 59.9 Å². The second-order valence-electron chi connectivity index (χ2n) is 9.34. The fourth-order valence-corrected chi connectivity index (χ4v) is 6.00. The minimum absolute atomic E-state index is 0.0773. The largest absolute Gasteiger partial charge is 0.490 e. The number of carbonyl (C=O) groups is 1. The predicted molar refractivity (Wildman–Crippen MR) is 145 cm³/mol. The summed E-state index contributed by atoms with van der Waals surface area (Å²) in [5.74, 6) is -0.268. The van der Waals surface area contributed by atoms with E-state index in [1.165, 1.54) is 69.8 Å². The van der Waals surface area contributed by atoms with Crippen molar-refractivity contribution in [2.75, 3.05) is 49.2 Å². The molecule has 1 aromatic heterocycles. The molecule has 0 amide bonds. The number of benzene rings is 2. The zero-order chi connectivity index (χ0) is 25.9. The fourth-order valence-electron chi connectivity index (χ4n) is 5.13. The number of likely N-dealkylation sites (tertiary alicyclic amines) is 1. The first-order valence-corrected chi connectivity index (χ1v) is 13.2. The summed E-state index contributed by atoms with van der Waals surface area (Å²) in [6, 6.07) is 13.0. The van der Waals surface area contributed by atoms with Gasteiger partial charge >= 0.3 is 5.69 Å². The third-order valence-corrected chi connectivity index (χ3v) is 8.09. The summed E-state index contributed by atoms with van der Waals surface area (Å²) in [6.45, 7) is 4.62. The van der Waals surface area contributed by atoms with Crippen LogP contribution < -0.4 is 20.7 Å². The molecule has 0 bridgehead atoms. The second kappa shape index (κ2) is 10.7. The van der Waals surface area contributed by atoms with Crippen LogP contribution in [-0.2, 0) is 0 Å². The molecule has 37 heavy (non-hydrogen) atoms. The van der Waals surface area contributed by atoms with Crippen LogP contribution in [0.5, 0.6) is 5.75 Å². The third kappa shape index (κ3) is 5.37. The Bertz CT molecular complexity index is 1280. The van der Waals surface area contributed by atoms with Gasteiger partial charge in [-0.1, -0.05) is 11.3 Å². The lowest BCUT2D eigenvalue weighted by Gasteiger charge is -2.37. The number of nitrogen functional groups attached to an aromatic ring is 1. The third-order valence-electron chi connectivity index (χ3n) is 7.10. The zero-order valence-corrected chi connectivity index (χ0v) is 21.5. The first kappa shape index (κ1) is 25.0. The number of carbonyl (C=O) groups excluding carboxylic acids is 1. The number of nitrogens with zero attached hydrogens (tertiary/aromatic N) is 4. The van der Waals surface area contributed by atoms with Crippen LogP contribution in [0.3, 0.4) is 0 Å². The van der Waals surface area contributed by atoms with Crippen molar-refractivity contribution < 1.29 is 14.5 Å². The maximum absolute atomic E-state index is 13.0. The SMILES string of the molecule is COc1ccc(C(=O)c2sc(Nc3ccc(N4CCC(N5CCCC5)CC4)cc3)nc2N)cc1[N+](=O)[O-]. The number of hydrogen-bond donors (Lipinski definition) is 2. The lowest BCUT2D eigenvalue weighted by molar-refractivity contribution is -0.385. The smallest absolute Gasteiger partial charge is 0.311 e. The minimum atomic E-state index is -0.585. The summed E-state index contributed by atoms with van der Waals surface area (Å²) < 4.78 is 5.01. The highest BCUT2D eigenvalue weighted by Gasteiger charge is 2.27. The van der Waals surface area contributed by atoms with E-state index in [1.807, 2.05) is 12.1 Å². The first-order chi connectivity index (χ1) is 17.9. The highest BCUT2D eigenvalue weighted by Crippen LogP contribution is 2.33. The Morgan fingerprint density at radius 1 is 1.14 bits per heavy atom.